The van der Waals surface area contributed by atoms with Gasteiger partial charge in [0.1, 0.15) is 0 Å². The summed E-state index contributed by atoms with van der Waals surface area (Å²) in [5.74, 6) is 5.83. The number of nitrogens with zero attached hydrogens (tertiary/aromatic N) is 4. The summed E-state index contributed by atoms with van der Waals surface area (Å²) in [6.07, 6.45) is 15.7. The molecule has 5 aromatic heterocycles. The number of hydrogen-bond donors (Lipinski definition) is 0. The monoisotopic (exact) mass is 670 g/mol. The normalized spacial score (nSPS) is 30.3. The molecular formula is C48H38N4. The zero-order chi connectivity index (χ0) is 33.3. The maximum atomic E-state index is 10.8. The van der Waals surface area contributed by atoms with Crippen LogP contribution in [-0.4, -0.2) is 13.8 Å². The van der Waals surface area contributed by atoms with Crippen LogP contribution in [0.5, 0.6) is 0 Å². The van der Waals surface area contributed by atoms with E-state index in [9.17, 15) is 5.26 Å². The Labute approximate surface area is 300 Å². The lowest BCUT2D eigenvalue weighted by Crippen LogP contribution is -2.25. The summed E-state index contributed by atoms with van der Waals surface area (Å²) in [6.45, 7) is 0. The molecule has 0 aliphatic heterocycles. The van der Waals surface area contributed by atoms with E-state index >= 15 is 0 Å². The molecule has 4 nitrogen and oxygen atoms in total. The van der Waals surface area contributed by atoms with Crippen molar-refractivity contribution in [3.63, 3.8) is 0 Å². The lowest BCUT2D eigenvalue weighted by molar-refractivity contribution is 0.165. The van der Waals surface area contributed by atoms with Gasteiger partial charge in [-0.3, -0.25) is 4.98 Å². The van der Waals surface area contributed by atoms with E-state index in [1.165, 1.54) is 152 Å². The van der Waals surface area contributed by atoms with Crippen molar-refractivity contribution in [1.29, 1.82) is 5.26 Å². The number of pyridine rings is 1. The van der Waals surface area contributed by atoms with Crippen LogP contribution in [0.15, 0.2) is 60.8 Å². The molecule has 4 saturated carbocycles. The molecule has 8 bridgehead atoms. The Kier molecular flexibility index (Phi) is 4.47. The Morgan fingerprint density at radius 2 is 1.00 bits per heavy atom. The second kappa shape index (κ2) is 8.66. The zero-order valence-corrected chi connectivity index (χ0v) is 29.3. The maximum Gasteiger partial charge on any atom is 0.0995 e. The number of fused-ring (bicyclic) bond motifs is 12. The van der Waals surface area contributed by atoms with Gasteiger partial charge in [-0.05, 0) is 141 Å². The number of aromatic nitrogens is 3. The predicted octanol–water partition coefficient (Wildman–Crippen LogP) is 12.0. The molecule has 0 radical (unpaired) electrons. The molecule has 4 heteroatoms. The zero-order valence-electron chi connectivity index (χ0n) is 29.3. The minimum absolute atomic E-state index is 0.546. The van der Waals surface area contributed by atoms with Crippen LogP contribution in [0, 0.1) is 35.0 Å². The first-order chi connectivity index (χ1) is 25.7. The average molecular weight is 671 g/mol. The third-order valence-electron chi connectivity index (χ3n) is 16.2. The molecular weight excluding hydrogens is 633 g/mol. The number of hydrogen-bond acceptors (Lipinski definition) is 2. The first kappa shape index (κ1) is 26.8. The number of nitriles is 1. The van der Waals surface area contributed by atoms with Crippen molar-refractivity contribution < 1.29 is 0 Å². The van der Waals surface area contributed by atoms with Crippen molar-refractivity contribution in [2.24, 2.45) is 23.7 Å². The number of rotatable bonds is 0. The molecule has 250 valence electrons. The van der Waals surface area contributed by atoms with Gasteiger partial charge in [-0.25, -0.2) is 0 Å². The Hall–Kier alpha value is -4.88. The highest BCUT2D eigenvalue weighted by Crippen LogP contribution is 2.60. The standard InChI is InChI=1S/C48H38N4/c49-20-30-17-39-44(42-27-11-22-7-23(12-27)10-26(9-22)41(30)42)33-5-1-3-31-35-19-38-36(18-37(35)51(39)47(31)33)32-4-2-6-34-45-40(52(38)48(32)34)21-50-46-29-15-24-8-25(16-29)14-28(13-24)43(45)46/h1-6,17-19,21-29H,7-16H2. The van der Waals surface area contributed by atoms with E-state index in [1.54, 1.807) is 11.1 Å². The fourth-order valence-corrected chi connectivity index (χ4v) is 15.0. The van der Waals surface area contributed by atoms with Crippen molar-refractivity contribution >= 4 is 76.2 Å². The van der Waals surface area contributed by atoms with Crippen LogP contribution in [-0.2, 0) is 0 Å². The van der Waals surface area contributed by atoms with Gasteiger partial charge in [0.25, 0.3) is 0 Å². The van der Waals surface area contributed by atoms with E-state index in [2.05, 4.69) is 75.7 Å². The van der Waals surface area contributed by atoms with E-state index in [4.69, 9.17) is 4.98 Å². The molecule has 0 N–H and O–H groups in total. The van der Waals surface area contributed by atoms with Gasteiger partial charge in [-0.2, -0.15) is 5.26 Å². The molecule has 17 rings (SSSR count). The van der Waals surface area contributed by atoms with Gasteiger partial charge < -0.3 is 8.80 Å². The lowest BCUT2D eigenvalue weighted by Gasteiger charge is -2.38. The molecule has 4 aromatic carbocycles. The van der Waals surface area contributed by atoms with Crippen molar-refractivity contribution in [2.75, 3.05) is 0 Å². The molecule has 0 amide bonds. The van der Waals surface area contributed by atoms with Gasteiger partial charge in [0, 0.05) is 54.7 Å². The van der Waals surface area contributed by atoms with Crippen LogP contribution in [0.25, 0.3) is 76.2 Å². The predicted molar refractivity (Wildman–Crippen MR) is 209 cm³/mol. The van der Waals surface area contributed by atoms with E-state index < -0.39 is 0 Å². The Morgan fingerprint density at radius 3 is 1.60 bits per heavy atom. The van der Waals surface area contributed by atoms with Gasteiger partial charge >= 0.3 is 0 Å². The molecule has 0 spiro atoms. The summed E-state index contributed by atoms with van der Waals surface area (Å²) < 4.78 is 5.15. The topological polar surface area (TPSA) is 45.5 Å². The van der Waals surface area contributed by atoms with Crippen LogP contribution in [0.3, 0.4) is 0 Å². The molecule has 4 atom stereocenters. The first-order valence-corrected chi connectivity index (χ1v) is 20.4. The fraction of sp³-hybridized carbons (Fsp3) is 0.375. The smallest absolute Gasteiger partial charge is 0.0995 e. The summed E-state index contributed by atoms with van der Waals surface area (Å²) in [7, 11) is 0. The highest BCUT2D eigenvalue weighted by Gasteiger charge is 2.46. The molecule has 4 fully saturated rings. The van der Waals surface area contributed by atoms with Crippen LogP contribution >= 0.6 is 0 Å². The maximum absolute atomic E-state index is 10.8. The van der Waals surface area contributed by atoms with Crippen molar-refractivity contribution in [3.8, 4) is 6.07 Å². The Morgan fingerprint density at radius 1 is 0.500 bits per heavy atom. The van der Waals surface area contributed by atoms with Gasteiger partial charge in [0.15, 0.2) is 0 Å². The molecule has 5 heterocycles. The quantitative estimate of drug-likeness (QED) is 0.161. The van der Waals surface area contributed by atoms with Crippen LogP contribution in [0.2, 0.25) is 0 Å². The van der Waals surface area contributed by atoms with E-state index in [0.717, 1.165) is 29.2 Å². The summed E-state index contributed by atoms with van der Waals surface area (Å²) in [4.78, 5) is 5.40. The van der Waals surface area contributed by atoms with Crippen LogP contribution < -0.4 is 0 Å². The lowest BCUT2D eigenvalue weighted by atomic mass is 9.67. The Bertz CT molecular complexity index is 3140. The van der Waals surface area contributed by atoms with Crippen LogP contribution in [0.1, 0.15) is 116 Å². The van der Waals surface area contributed by atoms with E-state index in [1.807, 2.05) is 0 Å². The van der Waals surface area contributed by atoms with Gasteiger partial charge in [-0.1, -0.05) is 36.4 Å². The highest BCUT2D eigenvalue weighted by molar-refractivity contribution is 6.29. The summed E-state index contributed by atoms with van der Waals surface area (Å²) in [5, 5.41) is 21.8. The second-order valence-corrected chi connectivity index (χ2v) is 18.6. The minimum atomic E-state index is 0.546. The highest BCUT2D eigenvalue weighted by atomic mass is 14.9. The molecule has 9 aromatic rings. The van der Waals surface area contributed by atoms with Gasteiger partial charge in [0.05, 0.1) is 50.9 Å². The third-order valence-corrected chi connectivity index (χ3v) is 16.2. The minimum Gasteiger partial charge on any atom is -0.308 e. The Balaban J connectivity index is 1.07. The molecule has 8 aliphatic rings. The number of benzene rings is 4. The summed E-state index contributed by atoms with van der Waals surface area (Å²) in [5.41, 5.74) is 14.8. The van der Waals surface area contributed by atoms with Crippen molar-refractivity contribution in [2.45, 2.75) is 87.9 Å². The number of para-hydroxylation sites is 2. The average Bonchev–Trinajstić information content (AvgIpc) is 3.81. The molecule has 52 heavy (non-hydrogen) atoms. The molecule has 0 saturated heterocycles. The first-order valence-electron chi connectivity index (χ1n) is 20.4. The largest absolute Gasteiger partial charge is 0.308 e. The second-order valence-electron chi connectivity index (χ2n) is 18.6. The molecule has 4 unspecified atom stereocenters. The van der Waals surface area contributed by atoms with Gasteiger partial charge in [0.2, 0.25) is 0 Å². The van der Waals surface area contributed by atoms with Crippen molar-refractivity contribution in [3.05, 3.63) is 88.7 Å². The third kappa shape index (κ3) is 2.90. The fourth-order valence-electron chi connectivity index (χ4n) is 15.0. The SMILES string of the molecule is N#Cc1cc2c(c3c1C1CC4CC(C1)CC3C4)c1cccc3c4cc5c(cc4n2c31)c1cccc2c3c4c(ncc3n5c12)C1CC2CC(C1)CC4C2. The van der Waals surface area contributed by atoms with Crippen LogP contribution in [0.4, 0.5) is 0 Å². The molecule has 8 aliphatic carbocycles. The van der Waals surface area contributed by atoms with Gasteiger partial charge in [-0.15, -0.1) is 0 Å². The summed E-state index contributed by atoms with van der Waals surface area (Å²) in [6, 6.07) is 24.2. The van der Waals surface area contributed by atoms with Crippen molar-refractivity contribution in [1.82, 2.24) is 13.8 Å². The van der Waals surface area contributed by atoms with E-state index in [0.29, 0.717) is 23.7 Å². The van der Waals surface area contributed by atoms with E-state index in [-0.39, 0.29) is 0 Å². The summed E-state index contributed by atoms with van der Waals surface area (Å²) >= 11 is 0.